The van der Waals surface area contributed by atoms with E-state index in [4.69, 9.17) is 0 Å². The van der Waals surface area contributed by atoms with Crippen molar-refractivity contribution >= 4 is 27.3 Å². The number of amides is 1. The van der Waals surface area contributed by atoms with Crippen LogP contribution in [-0.2, 0) is 14.8 Å². The topological polar surface area (TPSA) is 79.4 Å². The van der Waals surface area contributed by atoms with Crippen molar-refractivity contribution in [2.24, 2.45) is 0 Å². The Balaban J connectivity index is 2.10. The van der Waals surface area contributed by atoms with Gasteiger partial charge in [0.15, 0.2) is 4.21 Å². The van der Waals surface area contributed by atoms with Crippen LogP contribution < -0.4 is 5.32 Å². The largest absolute Gasteiger partial charge is 0.354 e. The number of sulfonamides is 1. The van der Waals surface area contributed by atoms with Gasteiger partial charge in [0, 0.05) is 26.1 Å². The smallest absolute Gasteiger partial charge is 0.254 e. The van der Waals surface area contributed by atoms with Gasteiger partial charge >= 0.3 is 0 Å². The maximum atomic E-state index is 12.6. The fourth-order valence-electron chi connectivity index (χ4n) is 2.40. The summed E-state index contributed by atoms with van der Waals surface area (Å²) < 4.78 is 27.0. The van der Waals surface area contributed by atoms with E-state index in [0.29, 0.717) is 35.8 Å². The van der Waals surface area contributed by atoms with Gasteiger partial charge in [0.25, 0.3) is 10.0 Å². The van der Waals surface area contributed by atoms with Gasteiger partial charge in [-0.2, -0.15) is 4.31 Å². The van der Waals surface area contributed by atoms with Gasteiger partial charge in [-0.15, -0.1) is 11.3 Å². The Bertz CT molecular complexity index is 601. The summed E-state index contributed by atoms with van der Waals surface area (Å²) in [5.41, 5.74) is 0.566. The number of carbonyl (C=O) groups is 1. The van der Waals surface area contributed by atoms with Crippen molar-refractivity contribution in [2.45, 2.75) is 43.9 Å². The fraction of sp³-hybridized carbons (Fsp3) is 0.667. The number of hydrogen-bond donors (Lipinski definition) is 1. The number of aryl methyl sites for hydroxylation is 2. The highest BCUT2D eigenvalue weighted by atomic mass is 32.2. The molecule has 1 fully saturated rings. The minimum absolute atomic E-state index is 0.0692. The van der Waals surface area contributed by atoms with E-state index >= 15 is 0 Å². The van der Waals surface area contributed by atoms with Crippen molar-refractivity contribution in [2.75, 3.05) is 13.1 Å². The predicted molar refractivity (Wildman–Crippen MR) is 77.2 cm³/mol. The summed E-state index contributed by atoms with van der Waals surface area (Å²) in [7, 11) is -3.45. The molecule has 0 atom stereocenters. The van der Waals surface area contributed by atoms with Crippen molar-refractivity contribution in [1.82, 2.24) is 14.6 Å². The molecule has 1 aromatic rings. The molecule has 0 spiro atoms. The maximum Gasteiger partial charge on any atom is 0.254 e. The highest BCUT2D eigenvalue weighted by Crippen LogP contribution is 2.28. The number of nitrogens with zero attached hydrogens (tertiary/aromatic N) is 2. The molecule has 1 saturated heterocycles. The monoisotopic (exact) mass is 317 g/mol. The fourth-order valence-corrected chi connectivity index (χ4v) is 5.49. The van der Waals surface area contributed by atoms with Crippen molar-refractivity contribution in [3.05, 3.63) is 10.7 Å². The minimum atomic E-state index is -3.45. The molecule has 1 aromatic heterocycles. The highest BCUT2D eigenvalue weighted by Gasteiger charge is 2.32. The van der Waals surface area contributed by atoms with Crippen molar-refractivity contribution in [1.29, 1.82) is 0 Å². The lowest BCUT2D eigenvalue weighted by molar-refractivity contribution is -0.119. The Morgan fingerprint density at radius 1 is 1.35 bits per heavy atom. The molecule has 1 N–H and O–H groups in total. The van der Waals surface area contributed by atoms with Crippen molar-refractivity contribution in [3.63, 3.8) is 0 Å². The third kappa shape index (κ3) is 3.18. The summed E-state index contributed by atoms with van der Waals surface area (Å²) >= 11 is 1.22. The summed E-state index contributed by atoms with van der Waals surface area (Å²) in [4.78, 5) is 15.2. The molecule has 0 aromatic carbocycles. The number of nitrogens with one attached hydrogen (secondary N) is 1. The van der Waals surface area contributed by atoms with E-state index in [9.17, 15) is 13.2 Å². The molecule has 0 aliphatic carbocycles. The lowest BCUT2D eigenvalue weighted by Gasteiger charge is -2.31. The van der Waals surface area contributed by atoms with E-state index in [-0.39, 0.29) is 11.9 Å². The molecule has 1 aliphatic heterocycles. The molecule has 0 unspecified atom stereocenters. The van der Waals surface area contributed by atoms with E-state index in [1.807, 2.05) is 0 Å². The van der Waals surface area contributed by atoms with Gasteiger partial charge < -0.3 is 5.32 Å². The van der Waals surface area contributed by atoms with Gasteiger partial charge in [-0.05, 0) is 26.7 Å². The molecule has 8 heteroatoms. The number of aromatic nitrogens is 1. The zero-order valence-corrected chi connectivity index (χ0v) is 13.5. The van der Waals surface area contributed by atoms with Gasteiger partial charge in [0.1, 0.15) is 0 Å². The van der Waals surface area contributed by atoms with Gasteiger partial charge in [0.05, 0.1) is 10.7 Å². The van der Waals surface area contributed by atoms with Crippen LogP contribution in [0.15, 0.2) is 4.21 Å². The second-order valence-electron chi connectivity index (χ2n) is 4.98. The third-order valence-electron chi connectivity index (χ3n) is 3.30. The van der Waals surface area contributed by atoms with Crippen molar-refractivity contribution in [3.8, 4) is 0 Å². The molecular weight excluding hydrogens is 298 g/mol. The average molecular weight is 317 g/mol. The quantitative estimate of drug-likeness (QED) is 0.903. The molecule has 6 nitrogen and oxygen atoms in total. The second-order valence-corrected chi connectivity index (χ2v) is 8.32. The van der Waals surface area contributed by atoms with E-state index in [1.165, 1.54) is 22.6 Å². The summed E-state index contributed by atoms with van der Waals surface area (Å²) in [6, 6.07) is 0.0724. The molecule has 2 rings (SSSR count). The Morgan fingerprint density at radius 3 is 2.40 bits per heavy atom. The van der Waals surface area contributed by atoms with Gasteiger partial charge in [-0.1, -0.05) is 0 Å². The lowest BCUT2D eigenvalue weighted by Crippen LogP contribution is -2.45. The first-order valence-corrected chi connectivity index (χ1v) is 8.77. The predicted octanol–water partition coefficient (Wildman–Crippen LogP) is 1.05. The van der Waals surface area contributed by atoms with Crippen LogP contribution in [-0.4, -0.2) is 42.7 Å². The Hall–Kier alpha value is -0.990. The molecular formula is C12H19N3O3S2. The van der Waals surface area contributed by atoms with Crippen molar-refractivity contribution < 1.29 is 13.2 Å². The van der Waals surface area contributed by atoms with Crippen LogP contribution in [0.2, 0.25) is 0 Å². The first-order chi connectivity index (χ1) is 9.30. The zero-order chi connectivity index (χ0) is 14.9. The molecule has 0 bridgehead atoms. The van der Waals surface area contributed by atoms with Gasteiger partial charge in [-0.3, -0.25) is 4.79 Å². The number of hydrogen-bond acceptors (Lipinski definition) is 5. The molecule has 0 radical (unpaired) electrons. The Kier molecular flexibility index (Phi) is 4.46. The van der Waals surface area contributed by atoms with E-state index < -0.39 is 10.0 Å². The minimum Gasteiger partial charge on any atom is -0.354 e. The van der Waals surface area contributed by atoms with Crippen LogP contribution in [0.25, 0.3) is 0 Å². The molecule has 1 amide bonds. The Labute approximate surface area is 123 Å². The normalized spacial score (nSPS) is 18.1. The number of rotatable bonds is 3. The number of carbonyl (C=O) groups excluding carboxylic acids is 1. The lowest BCUT2D eigenvalue weighted by atomic mass is 10.1. The SMILES string of the molecule is CC(=O)NC1CCN(S(=O)(=O)c2sc(C)nc2C)CC1. The van der Waals surface area contributed by atoms with Crippen LogP contribution >= 0.6 is 11.3 Å². The second kappa shape index (κ2) is 5.79. The molecule has 0 saturated carbocycles. The molecule has 1 aliphatic rings. The standard InChI is InChI=1S/C12H19N3O3S2/c1-8-12(19-10(3)13-8)20(17,18)15-6-4-11(5-7-15)14-9(2)16/h11H,4-7H2,1-3H3,(H,14,16). The van der Waals surface area contributed by atoms with Crippen LogP contribution in [0, 0.1) is 13.8 Å². The van der Waals surface area contributed by atoms with Crippen LogP contribution in [0.4, 0.5) is 0 Å². The Morgan fingerprint density at radius 2 is 1.95 bits per heavy atom. The summed E-state index contributed by atoms with van der Waals surface area (Å²) in [5.74, 6) is -0.0692. The maximum absolute atomic E-state index is 12.6. The van der Waals surface area contributed by atoms with Crippen LogP contribution in [0.3, 0.4) is 0 Å². The van der Waals surface area contributed by atoms with E-state index in [2.05, 4.69) is 10.3 Å². The average Bonchev–Trinajstić information content (AvgIpc) is 2.69. The highest BCUT2D eigenvalue weighted by molar-refractivity contribution is 7.91. The van der Waals surface area contributed by atoms with E-state index in [1.54, 1.807) is 13.8 Å². The summed E-state index contributed by atoms with van der Waals surface area (Å²) in [6.07, 6.45) is 1.30. The van der Waals surface area contributed by atoms with E-state index in [0.717, 1.165) is 5.01 Å². The van der Waals surface area contributed by atoms with Gasteiger partial charge in [0.2, 0.25) is 5.91 Å². The molecule has 20 heavy (non-hydrogen) atoms. The first kappa shape index (κ1) is 15.4. The zero-order valence-electron chi connectivity index (χ0n) is 11.8. The number of thiazole rings is 1. The molecule has 2 heterocycles. The first-order valence-electron chi connectivity index (χ1n) is 6.52. The summed E-state index contributed by atoms with van der Waals surface area (Å²) in [6.45, 7) is 5.88. The third-order valence-corrected chi connectivity index (χ3v) is 6.85. The summed E-state index contributed by atoms with van der Waals surface area (Å²) in [5, 5.41) is 3.60. The molecule has 112 valence electrons. The number of piperidine rings is 1. The van der Waals surface area contributed by atoms with Crippen LogP contribution in [0.5, 0.6) is 0 Å². The van der Waals surface area contributed by atoms with Crippen LogP contribution in [0.1, 0.15) is 30.5 Å². The van der Waals surface area contributed by atoms with Gasteiger partial charge in [-0.25, -0.2) is 13.4 Å².